The second-order valence-electron chi connectivity index (χ2n) is 12.3. The zero-order valence-corrected chi connectivity index (χ0v) is 20.8. The predicted octanol–water partition coefficient (Wildman–Crippen LogP) is 8.09. The quantitative estimate of drug-likeness (QED) is 0.437. The highest BCUT2D eigenvalue weighted by atomic mass is 16.3. The molecule has 7 atom stereocenters. The largest absolute Gasteiger partial charge is 0.393 e. The standard InChI is InChI=1S/C29H48O/c1-7-22(19(2)3)27(30)18-20(4)24-13-14-25-23-12-11-21-10-8-9-16-28(21,5)26(23)15-17-29(24,25)6/h11,19-20,22,24-25,27,30H,7-10,12-18H2,1-6H3/t20-,22+,24-,25+,27?,28+,29-/m1/s1. The summed E-state index contributed by atoms with van der Waals surface area (Å²) in [4.78, 5) is 0. The van der Waals surface area contributed by atoms with Crippen molar-refractivity contribution in [2.45, 2.75) is 118 Å². The van der Waals surface area contributed by atoms with Crippen molar-refractivity contribution in [1.29, 1.82) is 0 Å². The number of fused-ring (bicyclic) bond motifs is 4. The molecule has 0 bridgehead atoms. The first-order chi connectivity index (χ1) is 14.2. The van der Waals surface area contributed by atoms with Crippen molar-refractivity contribution in [2.24, 2.45) is 40.4 Å². The second-order valence-corrected chi connectivity index (χ2v) is 12.3. The molecule has 1 unspecified atom stereocenters. The van der Waals surface area contributed by atoms with Crippen LogP contribution in [0.15, 0.2) is 22.8 Å². The molecule has 170 valence electrons. The summed E-state index contributed by atoms with van der Waals surface area (Å²) < 4.78 is 0. The first-order valence-corrected chi connectivity index (χ1v) is 13.3. The van der Waals surface area contributed by atoms with Gasteiger partial charge in [-0.2, -0.15) is 0 Å². The van der Waals surface area contributed by atoms with Crippen LogP contribution in [0.4, 0.5) is 0 Å². The van der Waals surface area contributed by atoms with Gasteiger partial charge < -0.3 is 5.11 Å². The van der Waals surface area contributed by atoms with Crippen molar-refractivity contribution in [1.82, 2.24) is 0 Å². The van der Waals surface area contributed by atoms with E-state index in [0.717, 1.165) is 24.7 Å². The minimum absolute atomic E-state index is 0.132. The summed E-state index contributed by atoms with van der Waals surface area (Å²) in [5.74, 6) is 3.23. The van der Waals surface area contributed by atoms with Gasteiger partial charge in [-0.25, -0.2) is 0 Å². The molecule has 1 heteroatoms. The minimum Gasteiger partial charge on any atom is -0.393 e. The number of aliphatic hydroxyl groups is 1. The molecule has 0 heterocycles. The van der Waals surface area contributed by atoms with Crippen LogP contribution in [0.1, 0.15) is 112 Å². The Morgan fingerprint density at radius 1 is 1.07 bits per heavy atom. The Balaban J connectivity index is 1.53. The molecule has 0 aromatic carbocycles. The number of hydrogen-bond donors (Lipinski definition) is 1. The van der Waals surface area contributed by atoms with Gasteiger partial charge in [0.05, 0.1) is 6.10 Å². The number of rotatable bonds is 6. The van der Waals surface area contributed by atoms with Gasteiger partial charge >= 0.3 is 0 Å². The topological polar surface area (TPSA) is 20.2 Å². The van der Waals surface area contributed by atoms with Crippen molar-refractivity contribution in [3.05, 3.63) is 22.8 Å². The van der Waals surface area contributed by atoms with E-state index in [4.69, 9.17) is 0 Å². The monoisotopic (exact) mass is 412 g/mol. The number of aliphatic hydroxyl groups excluding tert-OH is 1. The van der Waals surface area contributed by atoms with Crippen molar-refractivity contribution < 1.29 is 5.11 Å². The number of hydrogen-bond acceptors (Lipinski definition) is 1. The van der Waals surface area contributed by atoms with Crippen LogP contribution in [0.25, 0.3) is 0 Å². The Morgan fingerprint density at radius 2 is 1.83 bits per heavy atom. The van der Waals surface area contributed by atoms with Crippen LogP contribution in [0.3, 0.4) is 0 Å². The van der Waals surface area contributed by atoms with E-state index in [1.54, 1.807) is 5.57 Å². The summed E-state index contributed by atoms with van der Waals surface area (Å²) in [6.07, 6.45) is 16.9. The fourth-order valence-electron chi connectivity index (χ4n) is 8.83. The normalized spacial score (nSPS) is 39.1. The molecule has 0 radical (unpaired) electrons. The SMILES string of the molecule is CC[C@@H](C(C)C)C(O)C[C@@H](C)[C@H]1CC[C@H]2C3=C(CC[C@]12C)[C@@]1(C)CCCCC1=CC3. The van der Waals surface area contributed by atoms with E-state index in [0.29, 0.717) is 28.6 Å². The van der Waals surface area contributed by atoms with Gasteiger partial charge in [-0.3, -0.25) is 0 Å². The zero-order valence-electron chi connectivity index (χ0n) is 20.8. The highest BCUT2D eigenvalue weighted by Gasteiger charge is 2.54. The lowest BCUT2D eigenvalue weighted by Gasteiger charge is -2.52. The Morgan fingerprint density at radius 3 is 2.53 bits per heavy atom. The van der Waals surface area contributed by atoms with Gasteiger partial charge in [0.2, 0.25) is 0 Å². The molecule has 1 N–H and O–H groups in total. The van der Waals surface area contributed by atoms with Crippen LogP contribution >= 0.6 is 0 Å². The molecule has 0 aliphatic heterocycles. The van der Waals surface area contributed by atoms with Gasteiger partial charge in [-0.05, 0) is 92.8 Å². The van der Waals surface area contributed by atoms with Crippen molar-refractivity contribution in [3.63, 3.8) is 0 Å². The Labute approximate surface area is 186 Å². The van der Waals surface area contributed by atoms with Crippen molar-refractivity contribution in [3.8, 4) is 0 Å². The van der Waals surface area contributed by atoms with E-state index in [-0.39, 0.29) is 6.10 Å². The summed E-state index contributed by atoms with van der Waals surface area (Å²) >= 11 is 0. The van der Waals surface area contributed by atoms with Crippen LogP contribution in [-0.4, -0.2) is 11.2 Å². The molecule has 4 aliphatic carbocycles. The van der Waals surface area contributed by atoms with E-state index in [1.807, 2.05) is 11.1 Å². The van der Waals surface area contributed by atoms with Gasteiger partial charge in [0.25, 0.3) is 0 Å². The molecule has 1 nitrogen and oxygen atoms in total. The summed E-state index contributed by atoms with van der Waals surface area (Å²) in [7, 11) is 0. The van der Waals surface area contributed by atoms with Gasteiger partial charge in [0, 0.05) is 5.41 Å². The minimum atomic E-state index is -0.132. The van der Waals surface area contributed by atoms with E-state index in [2.05, 4.69) is 47.6 Å². The van der Waals surface area contributed by atoms with Crippen LogP contribution in [0.5, 0.6) is 0 Å². The Hall–Kier alpha value is -0.560. The highest BCUT2D eigenvalue weighted by molar-refractivity contribution is 5.43. The highest BCUT2D eigenvalue weighted by Crippen LogP contribution is 2.65. The Bertz CT molecular complexity index is 699. The maximum atomic E-state index is 11.0. The molecule has 0 amide bonds. The molecule has 0 saturated heterocycles. The fraction of sp³-hybridized carbons (Fsp3) is 0.862. The first kappa shape index (κ1) is 22.6. The fourth-order valence-corrected chi connectivity index (χ4v) is 8.83. The third kappa shape index (κ3) is 3.56. The van der Waals surface area contributed by atoms with Crippen LogP contribution in [0, 0.1) is 40.4 Å². The van der Waals surface area contributed by atoms with Crippen molar-refractivity contribution >= 4 is 0 Å². The third-order valence-electron chi connectivity index (χ3n) is 10.6. The van der Waals surface area contributed by atoms with E-state index < -0.39 is 0 Å². The molecular formula is C29H48O. The summed E-state index contributed by atoms with van der Waals surface area (Å²) in [6.45, 7) is 14.5. The van der Waals surface area contributed by atoms with Crippen LogP contribution in [-0.2, 0) is 0 Å². The summed E-state index contributed by atoms with van der Waals surface area (Å²) in [5, 5.41) is 11.0. The molecule has 30 heavy (non-hydrogen) atoms. The predicted molar refractivity (Wildman–Crippen MR) is 128 cm³/mol. The van der Waals surface area contributed by atoms with Gasteiger partial charge in [0.15, 0.2) is 0 Å². The Kier molecular flexibility index (Phi) is 6.35. The van der Waals surface area contributed by atoms with Crippen LogP contribution in [0.2, 0.25) is 0 Å². The second kappa shape index (κ2) is 8.42. The molecular weight excluding hydrogens is 364 g/mol. The maximum absolute atomic E-state index is 11.0. The lowest BCUT2D eigenvalue weighted by molar-refractivity contribution is 0.0272. The van der Waals surface area contributed by atoms with Gasteiger partial charge in [0.1, 0.15) is 0 Å². The lowest BCUT2D eigenvalue weighted by atomic mass is 9.53. The molecule has 0 spiro atoms. The molecule has 4 rings (SSSR count). The molecule has 4 aliphatic rings. The third-order valence-corrected chi connectivity index (χ3v) is 10.6. The van der Waals surface area contributed by atoms with Gasteiger partial charge in [-0.15, -0.1) is 0 Å². The molecule has 0 aromatic rings. The molecule has 2 saturated carbocycles. The zero-order chi connectivity index (χ0) is 21.7. The van der Waals surface area contributed by atoms with Crippen LogP contribution < -0.4 is 0 Å². The van der Waals surface area contributed by atoms with E-state index >= 15 is 0 Å². The van der Waals surface area contributed by atoms with E-state index in [1.165, 1.54) is 57.8 Å². The van der Waals surface area contributed by atoms with Gasteiger partial charge in [-0.1, -0.05) is 77.2 Å². The molecule has 2 fully saturated rings. The average molecular weight is 413 g/mol. The van der Waals surface area contributed by atoms with Crippen molar-refractivity contribution in [2.75, 3.05) is 0 Å². The number of allylic oxidation sites excluding steroid dienone is 4. The first-order valence-electron chi connectivity index (χ1n) is 13.3. The summed E-state index contributed by atoms with van der Waals surface area (Å²) in [6, 6.07) is 0. The lowest BCUT2D eigenvalue weighted by Crippen LogP contribution is -2.41. The smallest absolute Gasteiger partial charge is 0.0573 e. The van der Waals surface area contributed by atoms with E-state index in [9.17, 15) is 5.11 Å². The average Bonchev–Trinajstić information content (AvgIpc) is 3.05. The maximum Gasteiger partial charge on any atom is 0.0573 e. The molecule has 0 aromatic heterocycles. The summed E-state index contributed by atoms with van der Waals surface area (Å²) in [5.41, 5.74) is 6.37.